The van der Waals surface area contributed by atoms with Crippen LogP contribution < -0.4 is 15.4 Å². The number of rotatable bonds is 7. The van der Waals surface area contributed by atoms with E-state index in [2.05, 4.69) is 15.5 Å². The van der Waals surface area contributed by atoms with Crippen LogP contribution in [-0.4, -0.2) is 62.9 Å². The number of benzene rings is 1. The van der Waals surface area contributed by atoms with Gasteiger partial charge >= 0.3 is 0 Å². The lowest BCUT2D eigenvalue weighted by Crippen LogP contribution is -2.40. The predicted molar refractivity (Wildman–Crippen MR) is 102 cm³/mol. The second-order valence-electron chi connectivity index (χ2n) is 5.98. The summed E-state index contributed by atoms with van der Waals surface area (Å²) in [6.45, 7) is 5.05. The molecule has 1 aliphatic rings. The lowest BCUT2D eigenvalue weighted by molar-refractivity contribution is -0.125. The Hall–Kier alpha value is -1.86. The Labute approximate surface area is 154 Å². The van der Waals surface area contributed by atoms with Crippen LogP contribution in [0.4, 0.5) is 0 Å². The van der Waals surface area contributed by atoms with Gasteiger partial charge in [-0.25, -0.2) is 0 Å². The van der Waals surface area contributed by atoms with Crippen LogP contribution >= 0.6 is 12.2 Å². The number of nitrogens with one attached hydrogen (secondary N) is 2. The van der Waals surface area contributed by atoms with E-state index < -0.39 is 0 Å². The van der Waals surface area contributed by atoms with Crippen LogP contribution in [0.1, 0.15) is 18.4 Å². The van der Waals surface area contributed by atoms with Gasteiger partial charge < -0.3 is 25.0 Å². The number of hydrogen-bond donors (Lipinski definition) is 2. The maximum absolute atomic E-state index is 12.7. The van der Waals surface area contributed by atoms with Gasteiger partial charge in [0.25, 0.3) is 0 Å². The Kier molecular flexibility index (Phi) is 7.46. The normalized spacial score (nSPS) is 19.6. The molecule has 1 saturated heterocycles. The molecule has 1 fully saturated rings. The second kappa shape index (κ2) is 9.58. The van der Waals surface area contributed by atoms with Crippen LogP contribution in [0, 0.1) is 5.92 Å². The molecule has 1 heterocycles. The van der Waals surface area contributed by atoms with Crippen LogP contribution in [-0.2, 0) is 9.53 Å². The van der Waals surface area contributed by atoms with Crippen molar-refractivity contribution in [1.82, 2.24) is 15.5 Å². The number of thiocarbonyl (C=S) groups is 1. The number of carbonyl (C=O) groups excluding carboxylic acids is 1. The summed E-state index contributed by atoms with van der Waals surface area (Å²) in [4.78, 5) is 14.8. The molecule has 138 valence electrons. The van der Waals surface area contributed by atoms with E-state index in [4.69, 9.17) is 21.7 Å². The summed E-state index contributed by atoms with van der Waals surface area (Å²) >= 11 is 5.45. The first-order valence-electron chi connectivity index (χ1n) is 8.54. The van der Waals surface area contributed by atoms with E-state index in [0.717, 1.165) is 17.9 Å². The summed E-state index contributed by atoms with van der Waals surface area (Å²) < 4.78 is 10.5. The van der Waals surface area contributed by atoms with Crippen LogP contribution in [0.2, 0.25) is 0 Å². The largest absolute Gasteiger partial charge is 0.496 e. The summed E-state index contributed by atoms with van der Waals surface area (Å²) in [6, 6.07) is 7.87. The molecular weight excluding hydrogens is 338 g/mol. The first kappa shape index (κ1) is 19.5. The Morgan fingerprint density at radius 2 is 2.04 bits per heavy atom. The number of hydrogen-bond acceptors (Lipinski definition) is 4. The number of carbonyl (C=O) groups is 1. The number of likely N-dealkylation sites (tertiary alicyclic amines) is 1. The molecule has 0 aromatic heterocycles. The summed E-state index contributed by atoms with van der Waals surface area (Å²) in [5.74, 6) is 0.660. The second-order valence-corrected chi connectivity index (χ2v) is 6.37. The molecule has 1 aliphatic heterocycles. The van der Waals surface area contributed by atoms with Crippen molar-refractivity contribution < 1.29 is 14.3 Å². The molecule has 7 heteroatoms. The van der Waals surface area contributed by atoms with Crippen LogP contribution in [0.3, 0.4) is 0 Å². The Morgan fingerprint density at radius 1 is 1.28 bits per heavy atom. The molecule has 2 N–H and O–H groups in total. The highest BCUT2D eigenvalue weighted by molar-refractivity contribution is 7.80. The highest BCUT2D eigenvalue weighted by Crippen LogP contribution is 2.37. The fourth-order valence-electron chi connectivity index (χ4n) is 3.19. The molecule has 0 bridgehead atoms. The van der Waals surface area contributed by atoms with Gasteiger partial charge in [-0.15, -0.1) is 0 Å². The predicted octanol–water partition coefficient (Wildman–Crippen LogP) is 1.37. The molecule has 0 spiro atoms. The van der Waals surface area contributed by atoms with Gasteiger partial charge in [0.1, 0.15) is 5.75 Å². The molecule has 6 nitrogen and oxygen atoms in total. The van der Waals surface area contributed by atoms with Gasteiger partial charge in [-0.05, 0) is 30.8 Å². The number of para-hydroxylation sites is 1. The average Bonchev–Trinajstić information content (AvgIpc) is 3.07. The molecule has 0 aliphatic carbocycles. The highest BCUT2D eigenvalue weighted by Gasteiger charge is 2.40. The summed E-state index contributed by atoms with van der Waals surface area (Å²) in [5.41, 5.74) is 1.04. The fraction of sp³-hybridized carbons (Fsp3) is 0.556. The Morgan fingerprint density at radius 3 is 2.72 bits per heavy atom. The lowest BCUT2D eigenvalue weighted by atomic mass is 9.87. The number of nitrogens with zero attached hydrogens (tertiary/aromatic N) is 1. The summed E-state index contributed by atoms with van der Waals surface area (Å²) in [5, 5.41) is 6.82. The summed E-state index contributed by atoms with van der Waals surface area (Å²) in [7, 11) is 3.28. The standard InChI is InChI=1S/C18H27N3O3S/c1-4-19-18(25)21-11-14(13-7-5-6-8-16(13)24-3)15(12-21)17(22)20-9-10-23-2/h5-8,14-15H,4,9-12H2,1-3H3,(H,19,25)(H,20,22). The first-order valence-corrected chi connectivity index (χ1v) is 8.95. The van der Waals surface area contributed by atoms with Gasteiger partial charge in [-0.3, -0.25) is 4.79 Å². The van der Waals surface area contributed by atoms with Crippen molar-refractivity contribution in [3.05, 3.63) is 29.8 Å². The minimum Gasteiger partial charge on any atom is -0.496 e. The van der Waals surface area contributed by atoms with Gasteiger partial charge in [-0.2, -0.15) is 0 Å². The Balaban J connectivity index is 2.22. The van der Waals surface area contributed by atoms with Crippen molar-refractivity contribution >= 4 is 23.2 Å². The van der Waals surface area contributed by atoms with E-state index in [-0.39, 0.29) is 17.7 Å². The first-order chi connectivity index (χ1) is 12.1. The van der Waals surface area contributed by atoms with E-state index >= 15 is 0 Å². The molecule has 2 rings (SSSR count). The van der Waals surface area contributed by atoms with Gasteiger partial charge in [0.05, 0.1) is 19.6 Å². The van der Waals surface area contributed by atoms with Crippen molar-refractivity contribution in [3.63, 3.8) is 0 Å². The SMILES string of the molecule is CCNC(=S)N1CC(C(=O)NCCOC)C(c2ccccc2OC)C1. The molecule has 1 amide bonds. The van der Waals surface area contributed by atoms with Gasteiger partial charge in [0.15, 0.2) is 5.11 Å². The highest BCUT2D eigenvalue weighted by atomic mass is 32.1. The van der Waals surface area contributed by atoms with Gasteiger partial charge in [0.2, 0.25) is 5.91 Å². The monoisotopic (exact) mass is 365 g/mol. The number of methoxy groups -OCH3 is 2. The zero-order valence-corrected chi connectivity index (χ0v) is 15.9. The molecule has 1 aromatic carbocycles. The third-order valence-corrected chi connectivity index (χ3v) is 4.82. The average molecular weight is 365 g/mol. The third-order valence-electron chi connectivity index (χ3n) is 4.42. The van der Waals surface area contributed by atoms with Crippen molar-refractivity contribution in [2.75, 3.05) is 47.0 Å². The van der Waals surface area contributed by atoms with E-state index in [1.807, 2.05) is 31.2 Å². The smallest absolute Gasteiger partial charge is 0.225 e. The van der Waals surface area contributed by atoms with E-state index in [1.165, 1.54) is 0 Å². The fourth-order valence-corrected chi connectivity index (χ4v) is 3.49. The van der Waals surface area contributed by atoms with Gasteiger partial charge in [0, 0.05) is 39.2 Å². The van der Waals surface area contributed by atoms with E-state index in [9.17, 15) is 4.79 Å². The molecule has 2 unspecified atom stereocenters. The summed E-state index contributed by atoms with van der Waals surface area (Å²) in [6.07, 6.45) is 0. The molecule has 0 radical (unpaired) electrons. The van der Waals surface area contributed by atoms with Crippen LogP contribution in [0.5, 0.6) is 5.75 Å². The third kappa shape index (κ3) is 4.83. The number of ether oxygens (including phenoxy) is 2. The van der Waals surface area contributed by atoms with Crippen LogP contribution in [0.15, 0.2) is 24.3 Å². The zero-order valence-electron chi connectivity index (χ0n) is 15.1. The molecular formula is C18H27N3O3S. The molecule has 1 aromatic rings. The van der Waals surface area contributed by atoms with Crippen molar-refractivity contribution in [3.8, 4) is 5.75 Å². The van der Waals surface area contributed by atoms with Crippen LogP contribution in [0.25, 0.3) is 0 Å². The minimum absolute atomic E-state index is 0.0229. The van der Waals surface area contributed by atoms with E-state index in [1.54, 1.807) is 14.2 Å². The zero-order chi connectivity index (χ0) is 18.2. The Bertz CT molecular complexity index is 597. The van der Waals surface area contributed by atoms with Crippen molar-refractivity contribution in [2.45, 2.75) is 12.8 Å². The van der Waals surface area contributed by atoms with Crippen molar-refractivity contribution in [1.29, 1.82) is 0 Å². The number of amides is 1. The maximum atomic E-state index is 12.7. The van der Waals surface area contributed by atoms with Gasteiger partial charge in [-0.1, -0.05) is 18.2 Å². The van der Waals surface area contributed by atoms with E-state index in [0.29, 0.717) is 31.4 Å². The quantitative estimate of drug-likeness (QED) is 0.562. The molecule has 25 heavy (non-hydrogen) atoms. The maximum Gasteiger partial charge on any atom is 0.225 e. The molecule has 2 atom stereocenters. The van der Waals surface area contributed by atoms with Crippen molar-refractivity contribution in [2.24, 2.45) is 5.92 Å². The topological polar surface area (TPSA) is 62.8 Å². The minimum atomic E-state index is -0.190. The lowest BCUT2D eigenvalue weighted by Gasteiger charge is -2.20. The molecule has 0 saturated carbocycles.